The predicted molar refractivity (Wildman–Crippen MR) is 120 cm³/mol. The van der Waals surface area contributed by atoms with E-state index in [0.29, 0.717) is 23.0 Å². The second-order valence-electron chi connectivity index (χ2n) is 7.37. The number of aromatic hydroxyl groups is 1. The molecule has 1 heterocycles. The van der Waals surface area contributed by atoms with Crippen LogP contribution in [0.5, 0.6) is 5.75 Å². The van der Waals surface area contributed by atoms with Gasteiger partial charge in [0.2, 0.25) is 0 Å². The minimum atomic E-state index is -0.819. The summed E-state index contributed by atoms with van der Waals surface area (Å²) < 4.78 is 14.8. The Morgan fingerprint density at radius 2 is 1.90 bits per heavy atom. The van der Waals surface area contributed by atoms with Crippen LogP contribution >= 0.6 is 0 Å². The van der Waals surface area contributed by atoms with E-state index >= 15 is 0 Å². The van der Waals surface area contributed by atoms with Crippen LogP contribution in [-0.4, -0.2) is 21.8 Å². The molecule has 3 rings (SSSR count). The van der Waals surface area contributed by atoms with Crippen molar-refractivity contribution in [2.24, 2.45) is 5.10 Å². The number of hydrazone groups is 1. The minimum Gasteiger partial charge on any atom is -0.506 e. The molecule has 0 atom stereocenters. The van der Waals surface area contributed by atoms with E-state index in [2.05, 4.69) is 17.5 Å². The first-order valence-corrected chi connectivity index (χ1v) is 10.5. The lowest BCUT2D eigenvalue weighted by Gasteiger charge is -2.14. The van der Waals surface area contributed by atoms with Crippen LogP contribution in [0.25, 0.3) is 10.9 Å². The summed E-state index contributed by atoms with van der Waals surface area (Å²) >= 11 is 0. The quantitative estimate of drug-likeness (QED) is 0.300. The molecule has 162 valence electrons. The van der Waals surface area contributed by atoms with Crippen molar-refractivity contribution in [3.05, 3.63) is 75.8 Å². The molecule has 0 spiro atoms. The number of amides is 1. The number of rotatable bonds is 9. The van der Waals surface area contributed by atoms with Gasteiger partial charge in [0.25, 0.3) is 11.5 Å². The summed E-state index contributed by atoms with van der Waals surface area (Å²) in [6.45, 7) is 2.59. The first kappa shape index (κ1) is 22.2. The predicted octanol–water partition coefficient (Wildman–Crippen LogP) is 4.58. The monoisotopic (exact) mass is 423 g/mol. The molecule has 0 aliphatic rings. The third-order valence-corrected chi connectivity index (χ3v) is 5.09. The summed E-state index contributed by atoms with van der Waals surface area (Å²) in [6, 6.07) is 12.7. The molecule has 0 aliphatic heterocycles. The van der Waals surface area contributed by atoms with Crippen LogP contribution in [0.1, 0.15) is 54.9 Å². The first-order valence-electron chi connectivity index (χ1n) is 10.5. The Hall–Kier alpha value is -3.48. The average molecular weight is 423 g/mol. The molecule has 0 unspecified atom stereocenters. The maximum absolute atomic E-state index is 13.3. The van der Waals surface area contributed by atoms with Gasteiger partial charge in [0.15, 0.2) is 0 Å². The SMILES string of the molecule is CCCCCCCn1c(=O)c(C(=O)NN=Cc2cccc(F)c2)c(O)c2ccccc21. The molecule has 0 saturated heterocycles. The fraction of sp³-hybridized carbons (Fsp3) is 0.292. The van der Waals surface area contributed by atoms with Gasteiger partial charge in [0.05, 0.1) is 11.7 Å². The molecule has 2 N–H and O–H groups in total. The van der Waals surface area contributed by atoms with Crippen LogP contribution < -0.4 is 11.0 Å². The van der Waals surface area contributed by atoms with E-state index < -0.39 is 17.3 Å². The number of nitrogens with zero attached hydrogens (tertiary/aromatic N) is 2. The maximum Gasteiger partial charge on any atom is 0.280 e. The van der Waals surface area contributed by atoms with Gasteiger partial charge >= 0.3 is 0 Å². The normalized spacial score (nSPS) is 11.3. The second kappa shape index (κ2) is 10.5. The molecule has 1 amide bonds. The highest BCUT2D eigenvalue weighted by Crippen LogP contribution is 2.26. The Balaban J connectivity index is 1.88. The molecular weight excluding hydrogens is 397 g/mol. The zero-order valence-corrected chi connectivity index (χ0v) is 17.5. The topological polar surface area (TPSA) is 83.7 Å². The van der Waals surface area contributed by atoms with Crippen molar-refractivity contribution in [2.75, 3.05) is 0 Å². The van der Waals surface area contributed by atoms with E-state index in [4.69, 9.17) is 0 Å². The number of para-hydroxylation sites is 1. The van der Waals surface area contributed by atoms with Crippen molar-refractivity contribution in [2.45, 2.75) is 45.6 Å². The van der Waals surface area contributed by atoms with Crippen molar-refractivity contribution in [3.63, 3.8) is 0 Å². The lowest BCUT2D eigenvalue weighted by Crippen LogP contribution is -2.31. The van der Waals surface area contributed by atoms with Crippen molar-refractivity contribution < 1.29 is 14.3 Å². The van der Waals surface area contributed by atoms with E-state index in [9.17, 15) is 19.1 Å². The molecule has 0 bridgehead atoms. The average Bonchev–Trinajstić information content (AvgIpc) is 2.76. The minimum absolute atomic E-state index is 0.358. The standard InChI is InChI=1S/C24H26FN3O3/c1-2-3-4-5-8-14-28-20-13-7-6-12-19(20)22(29)21(24(28)31)23(30)27-26-16-17-10-9-11-18(25)15-17/h6-7,9-13,15-16,29H,2-5,8,14H2,1H3,(H,27,30). The van der Waals surface area contributed by atoms with Gasteiger partial charge in [-0.05, 0) is 36.2 Å². The highest BCUT2D eigenvalue weighted by molar-refractivity contribution is 6.02. The van der Waals surface area contributed by atoms with Gasteiger partial charge in [-0.25, -0.2) is 9.82 Å². The van der Waals surface area contributed by atoms with Gasteiger partial charge < -0.3 is 9.67 Å². The van der Waals surface area contributed by atoms with Gasteiger partial charge in [-0.15, -0.1) is 0 Å². The van der Waals surface area contributed by atoms with E-state index in [-0.39, 0.29) is 11.3 Å². The summed E-state index contributed by atoms with van der Waals surface area (Å²) in [7, 11) is 0. The molecule has 31 heavy (non-hydrogen) atoms. The Labute approximate surface area is 180 Å². The molecule has 0 fully saturated rings. The number of hydrogen-bond donors (Lipinski definition) is 2. The van der Waals surface area contributed by atoms with Gasteiger partial charge in [0.1, 0.15) is 17.1 Å². The van der Waals surface area contributed by atoms with Crippen LogP contribution in [0.15, 0.2) is 58.4 Å². The number of hydrogen-bond acceptors (Lipinski definition) is 4. The molecule has 6 nitrogen and oxygen atoms in total. The number of pyridine rings is 1. The molecule has 3 aromatic rings. The van der Waals surface area contributed by atoms with Crippen LogP contribution in [0.3, 0.4) is 0 Å². The van der Waals surface area contributed by atoms with Gasteiger partial charge in [-0.3, -0.25) is 9.59 Å². The van der Waals surface area contributed by atoms with Crippen LogP contribution in [0.2, 0.25) is 0 Å². The Kier molecular flexibility index (Phi) is 7.54. The fourth-order valence-electron chi connectivity index (χ4n) is 3.50. The highest BCUT2D eigenvalue weighted by atomic mass is 19.1. The lowest BCUT2D eigenvalue weighted by molar-refractivity contribution is 0.0950. The van der Waals surface area contributed by atoms with Crippen molar-refractivity contribution >= 4 is 23.0 Å². The molecule has 1 aromatic heterocycles. The van der Waals surface area contributed by atoms with Crippen LogP contribution in [0.4, 0.5) is 4.39 Å². The van der Waals surface area contributed by atoms with Crippen molar-refractivity contribution in [1.29, 1.82) is 0 Å². The van der Waals surface area contributed by atoms with E-state index in [1.54, 1.807) is 30.3 Å². The third-order valence-electron chi connectivity index (χ3n) is 5.09. The Bertz CT molecular complexity index is 1150. The number of halogens is 1. The highest BCUT2D eigenvalue weighted by Gasteiger charge is 2.21. The Morgan fingerprint density at radius 1 is 1.13 bits per heavy atom. The molecule has 2 aromatic carbocycles. The van der Waals surface area contributed by atoms with E-state index in [1.165, 1.54) is 29.0 Å². The molecule has 0 radical (unpaired) electrons. The number of nitrogens with one attached hydrogen (secondary N) is 1. The zero-order valence-electron chi connectivity index (χ0n) is 17.5. The van der Waals surface area contributed by atoms with Crippen LogP contribution in [0, 0.1) is 5.82 Å². The summed E-state index contributed by atoms with van der Waals surface area (Å²) in [5, 5.41) is 14.9. The van der Waals surface area contributed by atoms with Gasteiger partial charge in [-0.1, -0.05) is 56.9 Å². The number of aryl methyl sites for hydroxylation is 1. The molecule has 7 heteroatoms. The van der Waals surface area contributed by atoms with Crippen molar-refractivity contribution in [3.8, 4) is 5.75 Å². The number of fused-ring (bicyclic) bond motifs is 1. The number of aromatic nitrogens is 1. The molecular formula is C24H26FN3O3. The largest absolute Gasteiger partial charge is 0.506 e. The summed E-state index contributed by atoms with van der Waals surface area (Å²) in [6.07, 6.45) is 6.40. The summed E-state index contributed by atoms with van der Waals surface area (Å²) in [5.41, 5.74) is 2.37. The second-order valence-corrected chi connectivity index (χ2v) is 7.37. The molecule has 0 saturated carbocycles. The van der Waals surface area contributed by atoms with Crippen molar-refractivity contribution in [1.82, 2.24) is 9.99 Å². The number of unbranched alkanes of at least 4 members (excludes halogenated alkanes) is 4. The summed E-state index contributed by atoms with van der Waals surface area (Å²) in [4.78, 5) is 25.8. The lowest BCUT2D eigenvalue weighted by atomic mass is 10.1. The van der Waals surface area contributed by atoms with E-state index in [0.717, 1.165) is 32.1 Å². The first-order chi connectivity index (χ1) is 15.0. The Morgan fingerprint density at radius 3 is 2.68 bits per heavy atom. The van der Waals surface area contributed by atoms with Gasteiger partial charge in [-0.2, -0.15) is 5.10 Å². The smallest absolute Gasteiger partial charge is 0.280 e. The number of benzene rings is 2. The van der Waals surface area contributed by atoms with E-state index in [1.807, 2.05) is 0 Å². The van der Waals surface area contributed by atoms with Crippen LogP contribution in [-0.2, 0) is 6.54 Å². The van der Waals surface area contributed by atoms with Gasteiger partial charge in [0, 0.05) is 11.9 Å². The maximum atomic E-state index is 13.3. The number of carbonyl (C=O) groups is 1. The fourth-order valence-corrected chi connectivity index (χ4v) is 3.50. The molecule has 0 aliphatic carbocycles. The zero-order chi connectivity index (χ0) is 22.2. The number of carbonyl (C=O) groups excluding carboxylic acids is 1. The summed E-state index contributed by atoms with van der Waals surface area (Å²) in [5.74, 6) is -1.62. The third kappa shape index (κ3) is 5.36.